The highest BCUT2D eigenvalue weighted by Crippen LogP contribution is 2.33. The normalized spacial score (nSPS) is 15.2. The number of rotatable bonds is 15. The number of likely N-dealkylation sites (tertiary alicyclic amines) is 1. The summed E-state index contributed by atoms with van der Waals surface area (Å²) in [5.41, 5.74) is 2.22. The highest BCUT2D eigenvalue weighted by Gasteiger charge is 2.28. The number of ether oxygens (including phenoxy) is 3. The van der Waals surface area contributed by atoms with Crippen molar-refractivity contribution in [3.63, 3.8) is 0 Å². The summed E-state index contributed by atoms with van der Waals surface area (Å²) in [6.07, 6.45) is 6.90. The molecule has 0 atom stereocenters. The van der Waals surface area contributed by atoms with Gasteiger partial charge in [0.2, 0.25) is 12.8 Å². The lowest BCUT2D eigenvalue weighted by molar-refractivity contribution is -0.119. The summed E-state index contributed by atoms with van der Waals surface area (Å²) in [5, 5.41) is 0.774. The zero-order valence-corrected chi connectivity index (χ0v) is 26.2. The van der Waals surface area contributed by atoms with Gasteiger partial charge in [0, 0.05) is 36.9 Å². The first kappa shape index (κ1) is 33.8. The predicted molar refractivity (Wildman–Crippen MR) is 168 cm³/mol. The lowest BCUT2D eigenvalue weighted by atomic mass is 10.0. The van der Waals surface area contributed by atoms with Crippen LogP contribution in [0.4, 0.5) is 14.5 Å². The minimum atomic E-state index is -1.32. The summed E-state index contributed by atoms with van der Waals surface area (Å²) >= 11 is 6.15. The van der Waals surface area contributed by atoms with E-state index in [4.69, 9.17) is 25.8 Å². The Balaban J connectivity index is 1.56. The van der Waals surface area contributed by atoms with Crippen LogP contribution in [-0.4, -0.2) is 87.9 Å². The number of piperidine rings is 1. The van der Waals surface area contributed by atoms with Crippen LogP contribution in [0.15, 0.2) is 59.2 Å². The third kappa shape index (κ3) is 8.75. The number of anilines is 1. The van der Waals surface area contributed by atoms with Crippen LogP contribution in [-0.2, 0) is 16.1 Å². The van der Waals surface area contributed by atoms with Gasteiger partial charge in [-0.2, -0.15) is 0 Å². The number of nitrogens with zero attached hydrogens (tertiary/aromatic N) is 3. The maximum atomic E-state index is 13.9. The number of methoxy groups -OCH3 is 1. The van der Waals surface area contributed by atoms with Gasteiger partial charge >= 0.3 is 0 Å². The number of alkyl halides is 2. The van der Waals surface area contributed by atoms with Gasteiger partial charge in [-0.15, -0.1) is 0 Å². The fourth-order valence-electron chi connectivity index (χ4n) is 5.37. The van der Waals surface area contributed by atoms with Crippen LogP contribution in [0.2, 0.25) is 0 Å². The monoisotopic (exact) mass is 645 g/mol. The molecular formula is C33H38ClF2N3O6. The van der Waals surface area contributed by atoms with Crippen molar-refractivity contribution in [2.75, 3.05) is 52.1 Å². The molecule has 9 nitrogen and oxygen atoms in total. The zero-order chi connectivity index (χ0) is 32.3. The Hall–Kier alpha value is -4.12. The molecule has 1 fully saturated rings. The predicted octanol–water partition coefficient (Wildman–Crippen LogP) is 5.46. The Morgan fingerprint density at radius 2 is 1.87 bits per heavy atom. The molecule has 1 aliphatic carbocycles. The van der Waals surface area contributed by atoms with Gasteiger partial charge in [0.25, 0.3) is 5.91 Å². The first-order chi connectivity index (χ1) is 21.8. The highest BCUT2D eigenvalue weighted by atomic mass is 35.5. The van der Waals surface area contributed by atoms with Gasteiger partial charge in [0.05, 0.1) is 19.2 Å². The second-order valence-electron chi connectivity index (χ2n) is 10.9. The number of hydrogen-bond donors (Lipinski definition) is 0. The largest absolute Gasteiger partial charge is 0.493 e. The summed E-state index contributed by atoms with van der Waals surface area (Å²) in [6, 6.07) is 9.75. The molecule has 4 rings (SSSR count). The summed E-state index contributed by atoms with van der Waals surface area (Å²) < 4.78 is 43.4. The van der Waals surface area contributed by atoms with E-state index in [0.29, 0.717) is 61.7 Å². The average Bonchev–Trinajstić information content (AvgIpc) is 3.08. The van der Waals surface area contributed by atoms with Crippen molar-refractivity contribution in [2.24, 2.45) is 0 Å². The molecule has 12 heteroatoms. The fourth-order valence-corrected chi connectivity index (χ4v) is 5.62. The molecule has 0 aromatic heterocycles. The van der Waals surface area contributed by atoms with Crippen LogP contribution in [0.5, 0.6) is 17.2 Å². The van der Waals surface area contributed by atoms with E-state index in [-0.39, 0.29) is 23.9 Å². The molecule has 0 N–H and O–H groups in total. The molecule has 0 unspecified atom stereocenters. The second kappa shape index (κ2) is 16.3. The van der Waals surface area contributed by atoms with Gasteiger partial charge in [-0.1, -0.05) is 23.7 Å². The van der Waals surface area contributed by atoms with Crippen molar-refractivity contribution in [2.45, 2.75) is 44.4 Å². The maximum absolute atomic E-state index is 13.9. The van der Waals surface area contributed by atoms with Gasteiger partial charge in [-0.05, 0) is 73.2 Å². The van der Waals surface area contributed by atoms with E-state index >= 15 is 0 Å². The lowest BCUT2D eigenvalue weighted by Gasteiger charge is -2.37. The number of allylic oxidation sites excluding steroid dienone is 2. The number of hydrogen-bond acceptors (Lipinski definition) is 7. The summed E-state index contributed by atoms with van der Waals surface area (Å²) in [6.45, 7) is -0.712. The van der Waals surface area contributed by atoms with Crippen LogP contribution in [0.25, 0.3) is 0 Å². The zero-order valence-electron chi connectivity index (χ0n) is 25.4. The molecular weight excluding hydrogens is 608 g/mol. The standard InChI is InChI=1S/C33H38ClF2N3O6/c1-37(26-10-12-38(21-40)13-11-26)30-8-7-27(45-28(17-35)18-36)16-29(30)33(42)39(22-41)19-23-6-9-31(32(15-23)43-2)44-20-24-4-3-5-25(34)14-24/h4,6-9,14-16,21-22,26,28H,3,5,10-13,17-20H2,1-2H3. The average molecular weight is 646 g/mol. The Morgan fingerprint density at radius 3 is 2.51 bits per heavy atom. The molecule has 1 aliphatic heterocycles. The summed E-state index contributed by atoms with van der Waals surface area (Å²) in [4.78, 5) is 42.1. The number of imide groups is 1. The molecule has 0 radical (unpaired) electrons. The van der Waals surface area contributed by atoms with E-state index in [0.717, 1.165) is 34.8 Å². The van der Waals surface area contributed by atoms with Crippen LogP contribution < -0.4 is 19.1 Å². The minimum absolute atomic E-state index is 0.0151. The van der Waals surface area contributed by atoms with E-state index in [2.05, 4.69) is 6.08 Å². The molecule has 3 amide bonds. The molecule has 0 spiro atoms. The van der Waals surface area contributed by atoms with E-state index in [1.165, 1.54) is 13.2 Å². The first-order valence-electron chi connectivity index (χ1n) is 14.8. The molecule has 2 aliphatic rings. The SMILES string of the molecule is COc1cc(CN(C=O)C(=O)c2cc(OC(CF)CF)ccc2N(C)C2CCN(C=O)CC2)ccc1OCC1=CCCC(Cl)=C1. The fraction of sp³-hybridized carbons (Fsp3) is 0.424. The molecule has 1 heterocycles. The number of carbonyl (C=O) groups excluding carboxylic acids is 3. The minimum Gasteiger partial charge on any atom is -0.493 e. The van der Waals surface area contributed by atoms with Crippen molar-refractivity contribution in [1.29, 1.82) is 0 Å². The third-order valence-corrected chi connectivity index (χ3v) is 8.21. The van der Waals surface area contributed by atoms with E-state index in [9.17, 15) is 23.2 Å². The Bertz CT molecular complexity index is 1410. The lowest BCUT2D eigenvalue weighted by Crippen LogP contribution is -2.43. The van der Waals surface area contributed by atoms with E-state index in [1.807, 2.05) is 18.0 Å². The highest BCUT2D eigenvalue weighted by molar-refractivity contribution is 6.29. The molecule has 2 aromatic carbocycles. The number of carbonyl (C=O) groups is 3. The molecule has 1 saturated heterocycles. The Morgan fingerprint density at radius 1 is 1.11 bits per heavy atom. The smallest absolute Gasteiger partial charge is 0.262 e. The van der Waals surface area contributed by atoms with Crippen LogP contribution in [0.3, 0.4) is 0 Å². The van der Waals surface area contributed by atoms with Crippen LogP contribution in [0.1, 0.15) is 41.6 Å². The quantitative estimate of drug-likeness (QED) is 0.238. The molecule has 45 heavy (non-hydrogen) atoms. The number of halogens is 3. The number of benzene rings is 2. The Kier molecular flexibility index (Phi) is 12.2. The van der Waals surface area contributed by atoms with Crippen molar-refractivity contribution in [3.05, 3.63) is 70.3 Å². The van der Waals surface area contributed by atoms with E-state index < -0.39 is 25.4 Å². The van der Waals surface area contributed by atoms with Gasteiger partial charge in [0.1, 0.15) is 25.7 Å². The van der Waals surface area contributed by atoms with Crippen LogP contribution in [0, 0.1) is 0 Å². The number of amides is 3. The van der Waals surface area contributed by atoms with Crippen molar-refractivity contribution >= 4 is 36.0 Å². The molecule has 0 bridgehead atoms. The van der Waals surface area contributed by atoms with Crippen molar-refractivity contribution in [3.8, 4) is 17.2 Å². The van der Waals surface area contributed by atoms with Gasteiger partial charge in [-0.25, -0.2) is 8.78 Å². The maximum Gasteiger partial charge on any atom is 0.262 e. The van der Waals surface area contributed by atoms with Crippen LogP contribution >= 0.6 is 11.6 Å². The van der Waals surface area contributed by atoms with Gasteiger partial charge in [-0.3, -0.25) is 19.3 Å². The Labute approximate surface area is 267 Å². The topological polar surface area (TPSA) is 88.6 Å². The molecule has 2 aromatic rings. The summed E-state index contributed by atoms with van der Waals surface area (Å²) in [7, 11) is 3.34. The van der Waals surface area contributed by atoms with Gasteiger partial charge < -0.3 is 24.0 Å². The summed E-state index contributed by atoms with van der Waals surface area (Å²) in [5.74, 6) is 0.404. The first-order valence-corrected chi connectivity index (χ1v) is 15.1. The van der Waals surface area contributed by atoms with Crippen molar-refractivity contribution < 1.29 is 37.4 Å². The molecule has 242 valence electrons. The second-order valence-corrected chi connectivity index (χ2v) is 11.4. The third-order valence-electron chi connectivity index (χ3n) is 7.92. The van der Waals surface area contributed by atoms with E-state index in [1.54, 1.807) is 35.2 Å². The van der Waals surface area contributed by atoms with Crippen molar-refractivity contribution in [1.82, 2.24) is 9.80 Å². The van der Waals surface area contributed by atoms with Gasteiger partial charge in [0.15, 0.2) is 17.6 Å². The molecule has 0 saturated carbocycles.